The maximum atomic E-state index is 12.1. The summed E-state index contributed by atoms with van der Waals surface area (Å²) in [5.41, 5.74) is 0.969. The zero-order chi connectivity index (χ0) is 40.2. The first-order valence-corrected chi connectivity index (χ1v) is 22.8. The Morgan fingerprint density at radius 1 is 0.678 bits per heavy atom. The Morgan fingerprint density at radius 3 is 2.07 bits per heavy atom. The number of ether oxygens (including phenoxy) is 11. The molecular weight excluding hydrogens is 760 g/mol. The van der Waals surface area contributed by atoms with Gasteiger partial charge in [0.25, 0.3) is 0 Å². The average Bonchev–Trinajstić information content (AvgIpc) is 3.45. The van der Waals surface area contributed by atoms with Gasteiger partial charge in [-0.25, -0.2) is 4.79 Å². The van der Waals surface area contributed by atoms with E-state index in [0.717, 1.165) is 76.1 Å². The molecule has 0 amide bonds. The van der Waals surface area contributed by atoms with E-state index in [-0.39, 0.29) is 134 Å². The lowest BCUT2D eigenvalue weighted by molar-refractivity contribution is -0.310. The second-order valence-corrected chi connectivity index (χ2v) is 19.9. The summed E-state index contributed by atoms with van der Waals surface area (Å²) in [5.74, 6) is -0.0791. The third-order valence-electron chi connectivity index (χ3n) is 15.8. The smallest absolute Gasteiger partial charge is 0.331 e. The zero-order valence-electron chi connectivity index (χ0n) is 34.6. The van der Waals surface area contributed by atoms with Crippen LogP contribution < -0.4 is 0 Å². The quantitative estimate of drug-likeness (QED) is 0.165. The first-order valence-electron chi connectivity index (χ1n) is 22.8. The molecule has 0 aromatic carbocycles. The SMILES string of the molecule is C=C(C=O)CC1CCC2OC3CC4OC5CC6OC7CCC8OC9CC%10OC%11C(C)=CC(=O)OC%11CC%10OC9C[C@@H](C)C8OC7CC6OC5(C)C/C=C\C4OC3CC2O1. The molecule has 11 heterocycles. The number of aldehydes is 1. The van der Waals surface area contributed by atoms with E-state index in [4.69, 9.17) is 52.1 Å². The van der Waals surface area contributed by atoms with Gasteiger partial charge in [-0.3, -0.25) is 4.79 Å². The summed E-state index contributed by atoms with van der Waals surface area (Å²) in [6.45, 7) is 10.3. The van der Waals surface area contributed by atoms with E-state index in [0.29, 0.717) is 24.8 Å². The Morgan fingerprint density at radius 2 is 1.27 bits per heavy atom. The Kier molecular flexibility index (Phi) is 10.5. The molecule has 0 N–H and O–H groups in total. The fourth-order valence-electron chi connectivity index (χ4n) is 12.7. The van der Waals surface area contributed by atoms with Gasteiger partial charge in [-0.1, -0.05) is 25.7 Å². The molecule has 0 saturated carbocycles. The number of esters is 1. The normalized spacial score (nSPS) is 54.4. The fraction of sp³-hybridized carbons (Fsp3) is 0.826. The minimum Gasteiger partial charge on any atom is -0.456 e. The lowest BCUT2D eigenvalue weighted by Crippen LogP contribution is -2.63. The molecule has 11 aliphatic heterocycles. The van der Waals surface area contributed by atoms with Gasteiger partial charge >= 0.3 is 5.97 Å². The van der Waals surface area contributed by atoms with Crippen LogP contribution in [0.5, 0.6) is 0 Å². The van der Waals surface area contributed by atoms with E-state index in [9.17, 15) is 9.59 Å². The highest BCUT2D eigenvalue weighted by Crippen LogP contribution is 2.48. The van der Waals surface area contributed by atoms with Crippen molar-refractivity contribution in [1.82, 2.24) is 0 Å². The molecule has 59 heavy (non-hydrogen) atoms. The Labute approximate surface area is 347 Å². The predicted molar refractivity (Wildman–Crippen MR) is 208 cm³/mol. The Hall–Kier alpha value is -2.04. The molecule has 9 fully saturated rings. The van der Waals surface area contributed by atoms with Crippen molar-refractivity contribution in [3.63, 3.8) is 0 Å². The molecule has 0 aliphatic carbocycles. The number of hydrogen-bond acceptors (Lipinski definition) is 13. The molecule has 0 radical (unpaired) electrons. The second kappa shape index (κ2) is 15.6. The van der Waals surface area contributed by atoms with Crippen LogP contribution in [0.4, 0.5) is 0 Å². The minimum atomic E-state index is -0.520. The maximum absolute atomic E-state index is 12.1. The van der Waals surface area contributed by atoms with Crippen molar-refractivity contribution in [3.8, 4) is 0 Å². The standard InChI is InChI=1S/C46H62O13/c1-22(21-47)12-25-7-8-27-31(49-25)15-35-36(51-27)16-32-26(50-35)6-5-11-46(4)42(55-32)20-39-40(59-46)18-33-28(52-39)9-10-29-44(57-33)23(2)13-30-34(53-29)17-38-37(54-30)19-41-45(58-38)24(3)14-43(48)56-41/h5-6,14,21,23,25-42,44-45H,1,7-13,15-20H2,2-4H3/b6-5-/t23-,25?,26?,27?,28?,29?,30?,31?,32?,33?,34?,35?,36?,37?,38?,39?,40?,41?,42?,44?,45?,46?/m1/s1. The summed E-state index contributed by atoms with van der Waals surface area (Å²) < 4.78 is 74.1. The topological polar surface area (TPSA) is 136 Å². The van der Waals surface area contributed by atoms with Crippen molar-refractivity contribution >= 4 is 12.3 Å². The second-order valence-electron chi connectivity index (χ2n) is 19.9. The van der Waals surface area contributed by atoms with Crippen LogP contribution in [0.15, 0.2) is 36.0 Å². The van der Waals surface area contributed by atoms with E-state index >= 15 is 0 Å². The molecule has 0 bridgehead atoms. The molecule has 13 nitrogen and oxygen atoms in total. The summed E-state index contributed by atoms with van der Waals surface area (Å²) in [7, 11) is 0. The number of hydrogen-bond donors (Lipinski definition) is 0. The molecule has 9 saturated heterocycles. The molecule has 11 rings (SSSR count). The van der Waals surface area contributed by atoms with Gasteiger partial charge in [0.15, 0.2) is 0 Å². The van der Waals surface area contributed by atoms with Crippen molar-refractivity contribution in [1.29, 1.82) is 0 Å². The third-order valence-corrected chi connectivity index (χ3v) is 15.8. The predicted octanol–water partition coefficient (Wildman–Crippen LogP) is 4.94. The number of carbonyl (C=O) groups is 2. The van der Waals surface area contributed by atoms with Crippen molar-refractivity contribution in [2.75, 3.05) is 0 Å². The van der Waals surface area contributed by atoms with Crippen LogP contribution in [-0.2, 0) is 61.7 Å². The highest BCUT2D eigenvalue weighted by molar-refractivity contribution is 5.84. The van der Waals surface area contributed by atoms with Crippen LogP contribution in [0.25, 0.3) is 0 Å². The van der Waals surface area contributed by atoms with Crippen LogP contribution in [-0.4, -0.2) is 140 Å². The number of fused-ring (bicyclic) bond motifs is 10. The van der Waals surface area contributed by atoms with Gasteiger partial charge in [0.2, 0.25) is 0 Å². The lowest BCUT2D eigenvalue weighted by atomic mass is 9.80. The number of rotatable bonds is 3. The summed E-state index contributed by atoms with van der Waals surface area (Å²) in [6, 6.07) is 0. The highest BCUT2D eigenvalue weighted by atomic mass is 16.6. The van der Waals surface area contributed by atoms with Gasteiger partial charge in [-0.2, -0.15) is 0 Å². The van der Waals surface area contributed by atoms with Gasteiger partial charge in [-0.05, 0) is 69.4 Å². The molecule has 13 heteroatoms. The molecular formula is C46H62O13. The first-order chi connectivity index (χ1) is 28.6. The van der Waals surface area contributed by atoms with Gasteiger partial charge in [-0.15, -0.1) is 0 Å². The average molecular weight is 823 g/mol. The summed E-state index contributed by atoms with van der Waals surface area (Å²) in [5, 5.41) is 0. The molecule has 21 unspecified atom stereocenters. The molecule has 324 valence electrons. The zero-order valence-corrected chi connectivity index (χ0v) is 34.6. The molecule has 11 aliphatic rings. The molecule has 0 spiro atoms. The lowest BCUT2D eigenvalue weighted by Gasteiger charge is -2.55. The van der Waals surface area contributed by atoms with Crippen molar-refractivity contribution in [2.24, 2.45) is 5.92 Å². The molecule has 22 atom stereocenters. The van der Waals surface area contributed by atoms with E-state index in [2.05, 4.69) is 32.6 Å². The van der Waals surface area contributed by atoms with Crippen LogP contribution in [0.1, 0.15) is 104 Å². The third kappa shape index (κ3) is 7.44. The van der Waals surface area contributed by atoms with E-state index < -0.39 is 5.60 Å². The summed E-state index contributed by atoms with van der Waals surface area (Å²) >= 11 is 0. The van der Waals surface area contributed by atoms with E-state index in [1.54, 1.807) is 6.08 Å². The monoisotopic (exact) mass is 822 g/mol. The minimum absolute atomic E-state index is 0.00491. The summed E-state index contributed by atoms with van der Waals surface area (Å²) in [4.78, 5) is 23.3. The van der Waals surface area contributed by atoms with Gasteiger partial charge < -0.3 is 52.1 Å². The van der Waals surface area contributed by atoms with E-state index in [1.165, 1.54) is 0 Å². The fourth-order valence-corrected chi connectivity index (χ4v) is 12.7. The Balaban J connectivity index is 0.735. The Bertz CT molecular complexity index is 1700. The van der Waals surface area contributed by atoms with E-state index in [1.807, 2.05) is 6.92 Å². The van der Waals surface area contributed by atoms with Crippen LogP contribution >= 0.6 is 0 Å². The van der Waals surface area contributed by atoms with Crippen LogP contribution in [0.3, 0.4) is 0 Å². The van der Waals surface area contributed by atoms with Crippen LogP contribution in [0, 0.1) is 5.92 Å². The largest absolute Gasteiger partial charge is 0.456 e. The number of carbonyl (C=O) groups excluding carboxylic acids is 2. The van der Waals surface area contributed by atoms with Crippen molar-refractivity contribution in [2.45, 2.75) is 232 Å². The molecule has 0 aromatic rings. The maximum Gasteiger partial charge on any atom is 0.331 e. The molecule has 0 aromatic heterocycles. The van der Waals surface area contributed by atoms with Crippen molar-refractivity contribution < 1.29 is 61.7 Å². The highest BCUT2D eigenvalue weighted by Gasteiger charge is 2.57. The van der Waals surface area contributed by atoms with Crippen molar-refractivity contribution in [3.05, 3.63) is 36.0 Å². The summed E-state index contributed by atoms with van der Waals surface area (Å²) in [6.07, 6.45) is 14.7. The van der Waals surface area contributed by atoms with Gasteiger partial charge in [0.05, 0.1) is 109 Å². The van der Waals surface area contributed by atoms with Gasteiger partial charge in [0.1, 0.15) is 24.6 Å². The first kappa shape index (κ1) is 39.8. The van der Waals surface area contributed by atoms with Gasteiger partial charge in [0, 0.05) is 51.0 Å². The van der Waals surface area contributed by atoms with Crippen LogP contribution in [0.2, 0.25) is 0 Å².